The lowest BCUT2D eigenvalue weighted by Gasteiger charge is -2.06. The summed E-state index contributed by atoms with van der Waals surface area (Å²) in [4.78, 5) is 10.7. The first-order valence-corrected chi connectivity index (χ1v) is 4.91. The molecule has 0 atom stereocenters. The van der Waals surface area contributed by atoms with Crippen LogP contribution in [-0.4, -0.2) is 59.8 Å². The molecule has 15 heavy (non-hydrogen) atoms. The number of amides is 2. The van der Waals surface area contributed by atoms with Crippen molar-refractivity contribution < 1.29 is 19.0 Å². The van der Waals surface area contributed by atoms with Crippen LogP contribution in [-0.2, 0) is 14.2 Å². The topological polar surface area (TPSA) is 68.8 Å². The number of rotatable bonds is 9. The number of carbonyl (C=O) groups excluding carboxylic acids is 1. The highest BCUT2D eigenvalue weighted by Gasteiger charge is 1.94. The molecule has 6 nitrogen and oxygen atoms in total. The highest BCUT2D eigenvalue weighted by molar-refractivity contribution is 5.73. The molecule has 0 spiro atoms. The van der Waals surface area contributed by atoms with Gasteiger partial charge in [-0.05, 0) is 0 Å². The summed E-state index contributed by atoms with van der Waals surface area (Å²) in [5.41, 5.74) is 0. The Kier molecular flexibility index (Phi) is 10.6. The number of hydrogen-bond donors (Lipinski definition) is 2. The van der Waals surface area contributed by atoms with Gasteiger partial charge in [0.2, 0.25) is 0 Å². The molecule has 90 valence electrons. The van der Waals surface area contributed by atoms with Crippen LogP contribution in [0, 0.1) is 0 Å². The van der Waals surface area contributed by atoms with E-state index in [0.717, 1.165) is 0 Å². The van der Waals surface area contributed by atoms with Gasteiger partial charge in [-0.1, -0.05) is 0 Å². The quantitative estimate of drug-likeness (QED) is 0.519. The Morgan fingerprint density at radius 1 is 1.07 bits per heavy atom. The Morgan fingerprint density at radius 3 is 2.27 bits per heavy atom. The first-order valence-electron chi connectivity index (χ1n) is 4.91. The van der Waals surface area contributed by atoms with Gasteiger partial charge in [0.15, 0.2) is 0 Å². The van der Waals surface area contributed by atoms with Crippen molar-refractivity contribution in [1.29, 1.82) is 0 Å². The number of urea groups is 1. The highest BCUT2D eigenvalue weighted by atomic mass is 16.5. The molecule has 0 fully saturated rings. The second kappa shape index (κ2) is 11.2. The molecule has 0 aromatic carbocycles. The fourth-order valence-corrected chi connectivity index (χ4v) is 0.789. The minimum atomic E-state index is -0.199. The fraction of sp³-hybridized carbons (Fsp3) is 0.889. The summed E-state index contributed by atoms with van der Waals surface area (Å²) >= 11 is 0. The molecule has 0 saturated heterocycles. The van der Waals surface area contributed by atoms with E-state index in [1.807, 2.05) is 0 Å². The highest BCUT2D eigenvalue weighted by Crippen LogP contribution is 1.79. The molecule has 0 bridgehead atoms. The summed E-state index contributed by atoms with van der Waals surface area (Å²) in [6.07, 6.45) is 0. The van der Waals surface area contributed by atoms with Crippen LogP contribution in [0.5, 0.6) is 0 Å². The van der Waals surface area contributed by atoms with Gasteiger partial charge in [0.05, 0.1) is 33.0 Å². The molecule has 2 N–H and O–H groups in total. The molecule has 0 radical (unpaired) electrons. The SMILES string of the molecule is CNC(=O)NCCOCCOCCOC. The van der Waals surface area contributed by atoms with Gasteiger partial charge in [-0.15, -0.1) is 0 Å². The van der Waals surface area contributed by atoms with E-state index in [1.165, 1.54) is 0 Å². The third-order valence-electron chi connectivity index (χ3n) is 1.56. The molecule has 0 unspecified atom stereocenters. The molecule has 6 heteroatoms. The Hall–Kier alpha value is -0.850. The molecule has 2 amide bonds. The maximum absolute atomic E-state index is 10.7. The summed E-state index contributed by atoms with van der Waals surface area (Å²) in [5.74, 6) is 0. The van der Waals surface area contributed by atoms with Gasteiger partial charge in [-0.25, -0.2) is 4.79 Å². The van der Waals surface area contributed by atoms with E-state index in [2.05, 4.69) is 10.6 Å². The number of carbonyl (C=O) groups is 1. The summed E-state index contributed by atoms with van der Waals surface area (Å²) in [7, 11) is 3.20. The molecular formula is C9H20N2O4. The summed E-state index contributed by atoms with van der Waals surface area (Å²) in [6, 6.07) is -0.199. The molecule has 0 rings (SSSR count). The van der Waals surface area contributed by atoms with E-state index in [1.54, 1.807) is 14.2 Å². The minimum absolute atomic E-state index is 0.199. The lowest BCUT2D eigenvalue weighted by Crippen LogP contribution is -2.35. The van der Waals surface area contributed by atoms with Crippen LogP contribution < -0.4 is 10.6 Å². The molecule has 0 aromatic heterocycles. The van der Waals surface area contributed by atoms with Crippen molar-refractivity contribution in [2.75, 3.05) is 53.7 Å². The van der Waals surface area contributed by atoms with E-state index in [-0.39, 0.29) is 6.03 Å². The average Bonchev–Trinajstić information content (AvgIpc) is 2.26. The van der Waals surface area contributed by atoms with Crippen LogP contribution in [0.2, 0.25) is 0 Å². The van der Waals surface area contributed by atoms with E-state index >= 15 is 0 Å². The molecule has 0 saturated carbocycles. The summed E-state index contributed by atoms with van der Waals surface area (Å²) < 4.78 is 15.2. The van der Waals surface area contributed by atoms with Crippen molar-refractivity contribution in [3.63, 3.8) is 0 Å². The van der Waals surface area contributed by atoms with Gasteiger partial charge < -0.3 is 24.8 Å². The minimum Gasteiger partial charge on any atom is -0.382 e. The Bertz CT molecular complexity index is 155. The van der Waals surface area contributed by atoms with Crippen LogP contribution in [0.3, 0.4) is 0 Å². The van der Waals surface area contributed by atoms with Crippen LogP contribution in [0.25, 0.3) is 0 Å². The zero-order valence-corrected chi connectivity index (χ0v) is 9.38. The number of ether oxygens (including phenoxy) is 3. The second-order valence-electron chi connectivity index (χ2n) is 2.72. The van der Waals surface area contributed by atoms with Crippen LogP contribution in [0.1, 0.15) is 0 Å². The third kappa shape index (κ3) is 11.1. The summed E-state index contributed by atoms with van der Waals surface area (Å²) in [6.45, 7) is 3.23. The van der Waals surface area contributed by atoms with Gasteiger partial charge in [-0.3, -0.25) is 0 Å². The molecular weight excluding hydrogens is 200 g/mol. The maximum Gasteiger partial charge on any atom is 0.314 e. The monoisotopic (exact) mass is 220 g/mol. The smallest absolute Gasteiger partial charge is 0.314 e. The van der Waals surface area contributed by atoms with E-state index in [9.17, 15) is 4.79 Å². The van der Waals surface area contributed by atoms with Crippen molar-refractivity contribution in [2.24, 2.45) is 0 Å². The lowest BCUT2D eigenvalue weighted by atomic mass is 10.6. The first-order chi connectivity index (χ1) is 7.31. The third-order valence-corrected chi connectivity index (χ3v) is 1.56. The van der Waals surface area contributed by atoms with Crippen molar-refractivity contribution >= 4 is 6.03 Å². The van der Waals surface area contributed by atoms with Crippen molar-refractivity contribution in [2.45, 2.75) is 0 Å². The van der Waals surface area contributed by atoms with Crippen LogP contribution in [0.15, 0.2) is 0 Å². The van der Waals surface area contributed by atoms with Gasteiger partial charge in [0, 0.05) is 20.7 Å². The fourth-order valence-electron chi connectivity index (χ4n) is 0.789. The van der Waals surface area contributed by atoms with Gasteiger partial charge >= 0.3 is 6.03 Å². The molecule has 0 aliphatic heterocycles. The number of nitrogens with one attached hydrogen (secondary N) is 2. The predicted octanol–water partition coefficient (Wildman–Crippen LogP) is -0.405. The number of hydrogen-bond acceptors (Lipinski definition) is 4. The van der Waals surface area contributed by atoms with Crippen LogP contribution >= 0.6 is 0 Å². The zero-order chi connectivity index (χ0) is 11.4. The van der Waals surface area contributed by atoms with Crippen molar-refractivity contribution in [3.8, 4) is 0 Å². The largest absolute Gasteiger partial charge is 0.382 e. The molecule has 0 aliphatic rings. The van der Waals surface area contributed by atoms with Crippen LogP contribution in [0.4, 0.5) is 4.79 Å². The van der Waals surface area contributed by atoms with E-state index in [0.29, 0.717) is 39.6 Å². The van der Waals surface area contributed by atoms with Crippen molar-refractivity contribution in [1.82, 2.24) is 10.6 Å². The maximum atomic E-state index is 10.7. The van der Waals surface area contributed by atoms with Gasteiger partial charge in [0.1, 0.15) is 0 Å². The van der Waals surface area contributed by atoms with Gasteiger partial charge in [-0.2, -0.15) is 0 Å². The Balaban J connectivity index is 2.95. The average molecular weight is 220 g/mol. The molecule has 0 aliphatic carbocycles. The first kappa shape index (κ1) is 14.2. The lowest BCUT2D eigenvalue weighted by molar-refractivity contribution is 0.0259. The summed E-state index contributed by atoms with van der Waals surface area (Å²) in [5, 5.41) is 5.05. The van der Waals surface area contributed by atoms with E-state index < -0.39 is 0 Å². The van der Waals surface area contributed by atoms with E-state index in [4.69, 9.17) is 14.2 Å². The second-order valence-corrected chi connectivity index (χ2v) is 2.72. The standard InChI is InChI=1S/C9H20N2O4/c1-10-9(12)11-3-4-14-7-8-15-6-5-13-2/h3-8H2,1-2H3,(H2,10,11,12). The molecule has 0 heterocycles. The van der Waals surface area contributed by atoms with Crippen molar-refractivity contribution in [3.05, 3.63) is 0 Å². The number of methoxy groups -OCH3 is 1. The predicted molar refractivity (Wildman–Crippen MR) is 56.0 cm³/mol. The van der Waals surface area contributed by atoms with Gasteiger partial charge in [0.25, 0.3) is 0 Å². The normalized spacial score (nSPS) is 10.0. The molecule has 0 aromatic rings. The zero-order valence-electron chi connectivity index (χ0n) is 9.38. The Morgan fingerprint density at radius 2 is 1.67 bits per heavy atom. The Labute approximate surface area is 90.3 Å².